The van der Waals surface area contributed by atoms with Crippen LogP contribution in [-0.4, -0.2) is 56.6 Å². The monoisotopic (exact) mass is 358 g/mol. The van der Waals surface area contributed by atoms with Gasteiger partial charge in [-0.15, -0.1) is 0 Å². The summed E-state index contributed by atoms with van der Waals surface area (Å²) in [5.41, 5.74) is 2.73. The number of aromatic nitrogens is 4. The number of ether oxygens (including phenoxy) is 1. The molecule has 1 N–H and O–H groups in total. The Bertz CT molecular complexity index is 738. The van der Waals surface area contributed by atoms with E-state index in [0.29, 0.717) is 6.04 Å². The summed E-state index contributed by atoms with van der Waals surface area (Å²) >= 11 is 0. The lowest BCUT2D eigenvalue weighted by molar-refractivity contribution is -0.0739. The highest BCUT2D eigenvalue weighted by Gasteiger charge is 2.36. The average molecular weight is 358 g/mol. The van der Waals surface area contributed by atoms with E-state index >= 15 is 0 Å². The summed E-state index contributed by atoms with van der Waals surface area (Å²) in [5, 5.41) is 8.23. The lowest BCUT2D eigenvalue weighted by atomic mass is 9.92. The van der Waals surface area contributed by atoms with E-state index in [1.165, 1.54) is 17.7 Å². The summed E-state index contributed by atoms with van der Waals surface area (Å²) in [6.07, 6.45) is 9.53. The van der Waals surface area contributed by atoms with E-state index in [9.17, 15) is 0 Å². The number of fused-ring (bicyclic) bond motifs is 1. The van der Waals surface area contributed by atoms with Gasteiger partial charge in [0, 0.05) is 56.9 Å². The summed E-state index contributed by atoms with van der Waals surface area (Å²) in [4.78, 5) is 7.10. The molecule has 7 nitrogen and oxygen atoms in total. The zero-order valence-corrected chi connectivity index (χ0v) is 16.1. The van der Waals surface area contributed by atoms with Gasteiger partial charge in [-0.2, -0.15) is 5.10 Å². The molecular weight excluding hydrogens is 328 g/mol. The first-order valence-electron chi connectivity index (χ1n) is 9.76. The zero-order chi connectivity index (χ0) is 18.1. The van der Waals surface area contributed by atoms with Gasteiger partial charge in [-0.05, 0) is 25.8 Å². The molecular formula is C19H30N6O. The molecule has 0 aromatic carbocycles. The first-order chi connectivity index (χ1) is 12.7. The molecule has 0 bridgehead atoms. The molecule has 1 aliphatic heterocycles. The number of nitrogens with zero attached hydrogens (tertiary/aromatic N) is 5. The van der Waals surface area contributed by atoms with Crippen molar-refractivity contribution in [1.82, 2.24) is 29.5 Å². The van der Waals surface area contributed by atoms with E-state index in [1.807, 2.05) is 30.3 Å². The highest BCUT2D eigenvalue weighted by molar-refractivity contribution is 5.24. The Hall–Kier alpha value is -1.70. The number of hydrogen-bond donors (Lipinski definition) is 1. The maximum Gasteiger partial charge on any atom is 0.128 e. The second-order valence-corrected chi connectivity index (χ2v) is 7.40. The van der Waals surface area contributed by atoms with Crippen LogP contribution < -0.4 is 5.32 Å². The van der Waals surface area contributed by atoms with Crippen molar-refractivity contribution < 1.29 is 4.74 Å². The summed E-state index contributed by atoms with van der Waals surface area (Å²) < 4.78 is 10.4. The molecule has 2 aromatic heterocycles. The number of hydrogen-bond acceptors (Lipinski definition) is 5. The van der Waals surface area contributed by atoms with Crippen LogP contribution in [0.15, 0.2) is 18.6 Å². The SMILES string of the molecule is CCN1CCO[C@@H](CNC2CCCc3c2cnn3C)[C@@H]1c1nccn1C. The third-order valence-corrected chi connectivity index (χ3v) is 5.93. The molecule has 2 aromatic rings. The van der Waals surface area contributed by atoms with E-state index in [0.717, 1.165) is 44.9 Å². The van der Waals surface area contributed by atoms with E-state index in [4.69, 9.17) is 4.74 Å². The summed E-state index contributed by atoms with van der Waals surface area (Å²) in [7, 11) is 4.11. The van der Waals surface area contributed by atoms with Crippen LogP contribution in [-0.2, 0) is 25.3 Å². The van der Waals surface area contributed by atoms with E-state index in [1.54, 1.807) is 0 Å². The van der Waals surface area contributed by atoms with Gasteiger partial charge in [-0.25, -0.2) is 4.98 Å². The van der Waals surface area contributed by atoms with Crippen molar-refractivity contribution in [2.24, 2.45) is 14.1 Å². The van der Waals surface area contributed by atoms with Crippen molar-refractivity contribution in [2.75, 3.05) is 26.2 Å². The maximum atomic E-state index is 6.21. The maximum absolute atomic E-state index is 6.21. The van der Waals surface area contributed by atoms with Crippen LogP contribution in [0.4, 0.5) is 0 Å². The van der Waals surface area contributed by atoms with Crippen LogP contribution in [0, 0.1) is 0 Å². The highest BCUT2D eigenvalue weighted by Crippen LogP contribution is 2.31. The lowest BCUT2D eigenvalue weighted by Crippen LogP contribution is -2.50. The summed E-state index contributed by atoms with van der Waals surface area (Å²) in [5.74, 6) is 1.09. The summed E-state index contributed by atoms with van der Waals surface area (Å²) in [6.45, 7) is 5.79. The number of rotatable bonds is 5. The van der Waals surface area contributed by atoms with Crippen LogP contribution in [0.1, 0.15) is 48.9 Å². The number of aryl methyl sites for hydroxylation is 2. The number of morpholine rings is 1. The van der Waals surface area contributed by atoms with Crippen LogP contribution in [0.3, 0.4) is 0 Å². The molecule has 3 heterocycles. The molecule has 0 radical (unpaired) electrons. The Balaban J connectivity index is 1.50. The fourth-order valence-electron chi connectivity index (χ4n) is 4.48. The fourth-order valence-corrected chi connectivity index (χ4v) is 4.48. The second-order valence-electron chi connectivity index (χ2n) is 7.40. The molecule has 4 rings (SSSR count). The standard InChI is InChI=1S/C19H30N6O/c1-4-25-10-11-26-17(18(25)19-20-8-9-23(19)2)13-21-15-6-5-7-16-14(15)12-22-24(16)3/h8-9,12,15,17-18,21H,4-7,10-11,13H2,1-3H3/t15?,17-,18+/m0/s1. The number of likely N-dealkylation sites (N-methyl/N-ethyl adjacent to an activating group) is 1. The van der Waals surface area contributed by atoms with Crippen molar-refractivity contribution in [3.8, 4) is 0 Å². The molecule has 0 spiro atoms. The molecule has 1 aliphatic carbocycles. The Morgan fingerprint density at radius 2 is 2.23 bits per heavy atom. The predicted octanol–water partition coefficient (Wildman–Crippen LogP) is 1.58. The molecule has 1 unspecified atom stereocenters. The predicted molar refractivity (Wildman–Crippen MR) is 99.8 cm³/mol. The normalized spacial score (nSPS) is 26.8. The summed E-state index contributed by atoms with van der Waals surface area (Å²) in [6, 6.07) is 0.563. The van der Waals surface area contributed by atoms with Crippen molar-refractivity contribution in [1.29, 1.82) is 0 Å². The zero-order valence-electron chi connectivity index (χ0n) is 16.1. The first kappa shape index (κ1) is 17.7. The van der Waals surface area contributed by atoms with Crippen molar-refractivity contribution in [3.63, 3.8) is 0 Å². The molecule has 1 saturated heterocycles. The molecule has 26 heavy (non-hydrogen) atoms. The minimum absolute atomic E-state index is 0.104. The van der Waals surface area contributed by atoms with Gasteiger partial charge in [0.25, 0.3) is 0 Å². The Labute approximate surface area is 155 Å². The van der Waals surface area contributed by atoms with Crippen molar-refractivity contribution in [3.05, 3.63) is 35.7 Å². The minimum atomic E-state index is 0.104. The number of nitrogens with one attached hydrogen (secondary N) is 1. The average Bonchev–Trinajstić information content (AvgIpc) is 3.26. The van der Waals surface area contributed by atoms with E-state index in [2.05, 4.69) is 38.8 Å². The molecule has 0 saturated carbocycles. The third-order valence-electron chi connectivity index (χ3n) is 5.93. The van der Waals surface area contributed by atoms with Gasteiger partial charge in [-0.3, -0.25) is 9.58 Å². The molecule has 1 fully saturated rings. The molecule has 2 aliphatic rings. The van der Waals surface area contributed by atoms with Gasteiger partial charge in [0.15, 0.2) is 0 Å². The Morgan fingerprint density at radius 1 is 1.35 bits per heavy atom. The van der Waals surface area contributed by atoms with Crippen LogP contribution >= 0.6 is 0 Å². The van der Waals surface area contributed by atoms with E-state index in [-0.39, 0.29) is 12.1 Å². The van der Waals surface area contributed by atoms with Crippen LogP contribution in [0.25, 0.3) is 0 Å². The second kappa shape index (κ2) is 7.50. The fraction of sp³-hybridized carbons (Fsp3) is 0.684. The smallest absolute Gasteiger partial charge is 0.128 e. The van der Waals surface area contributed by atoms with Gasteiger partial charge < -0.3 is 14.6 Å². The largest absolute Gasteiger partial charge is 0.373 e. The molecule has 7 heteroatoms. The molecule has 0 amide bonds. The van der Waals surface area contributed by atoms with Crippen molar-refractivity contribution >= 4 is 0 Å². The van der Waals surface area contributed by atoms with Gasteiger partial charge in [0.2, 0.25) is 0 Å². The van der Waals surface area contributed by atoms with Crippen LogP contribution in [0.2, 0.25) is 0 Å². The lowest BCUT2D eigenvalue weighted by Gasteiger charge is -2.41. The Morgan fingerprint density at radius 3 is 3.00 bits per heavy atom. The third kappa shape index (κ3) is 3.19. The van der Waals surface area contributed by atoms with Crippen molar-refractivity contribution in [2.45, 2.75) is 44.4 Å². The van der Waals surface area contributed by atoms with Gasteiger partial charge in [0.1, 0.15) is 5.82 Å². The van der Waals surface area contributed by atoms with E-state index < -0.39 is 0 Å². The topological polar surface area (TPSA) is 60.1 Å². The quantitative estimate of drug-likeness (QED) is 0.879. The molecule has 142 valence electrons. The first-order valence-corrected chi connectivity index (χ1v) is 9.76. The van der Waals surface area contributed by atoms with Gasteiger partial charge >= 0.3 is 0 Å². The van der Waals surface area contributed by atoms with Gasteiger partial charge in [-0.1, -0.05) is 6.92 Å². The van der Waals surface area contributed by atoms with Gasteiger partial charge in [0.05, 0.1) is 24.9 Å². The minimum Gasteiger partial charge on any atom is -0.373 e. The number of imidazole rings is 1. The molecule has 3 atom stereocenters. The van der Waals surface area contributed by atoms with Crippen LogP contribution in [0.5, 0.6) is 0 Å². The highest BCUT2D eigenvalue weighted by atomic mass is 16.5. The Kier molecular flexibility index (Phi) is 5.11.